The summed E-state index contributed by atoms with van der Waals surface area (Å²) in [6.45, 7) is 4.78. The molecule has 0 aliphatic rings. The van der Waals surface area contributed by atoms with Crippen molar-refractivity contribution in [2.24, 2.45) is 0 Å². The Morgan fingerprint density at radius 3 is 2.08 bits per heavy atom. The third kappa shape index (κ3) is 4.27. The van der Waals surface area contributed by atoms with Gasteiger partial charge in [0.15, 0.2) is 0 Å². The maximum absolute atomic E-state index is 13.1. The van der Waals surface area contributed by atoms with Gasteiger partial charge >= 0.3 is 0 Å². The molecule has 0 unspecified atom stereocenters. The second-order valence-corrected chi connectivity index (χ2v) is 5.95. The Hall–Kier alpha value is -2.17. The highest BCUT2D eigenvalue weighted by Gasteiger charge is 2.41. The summed E-state index contributed by atoms with van der Waals surface area (Å²) in [5, 5.41) is 0. The largest absolute Gasteiger partial charge is 0.494 e. The van der Waals surface area contributed by atoms with Gasteiger partial charge in [-0.1, -0.05) is 43.2 Å². The standard InChI is InChI=1S/C21H26O4/c1-5-6-15-25-19-13-11-18(12-14-19)21(23-3,24-4)20(22)17-9-7-16(2)8-10-17/h7-14H,5-6,15H2,1-4H3. The van der Waals surface area contributed by atoms with Crippen molar-refractivity contribution in [3.8, 4) is 5.75 Å². The van der Waals surface area contributed by atoms with E-state index in [9.17, 15) is 4.79 Å². The van der Waals surface area contributed by atoms with Crippen molar-refractivity contribution in [3.05, 3.63) is 65.2 Å². The molecule has 4 nitrogen and oxygen atoms in total. The van der Waals surface area contributed by atoms with Crippen LogP contribution < -0.4 is 4.74 Å². The van der Waals surface area contributed by atoms with E-state index < -0.39 is 5.79 Å². The zero-order valence-corrected chi connectivity index (χ0v) is 15.4. The van der Waals surface area contributed by atoms with Gasteiger partial charge in [0.1, 0.15) is 5.75 Å². The number of methoxy groups -OCH3 is 2. The molecule has 0 saturated carbocycles. The van der Waals surface area contributed by atoms with Gasteiger partial charge in [0, 0.05) is 25.3 Å². The summed E-state index contributed by atoms with van der Waals surface area (Å²) in [6.07, 6.45) is 2.09. The molecule has 0 aliphatic carbocycles. The lowest BCUT2D eigenvalue weighted by molar-refractivity contribution is -0.176. The van der Waals surface area contributed by atoms with Gasteiger partial charge in [-0.2, -0.15) is 0 Å². The smallest absolute Gasteiger partial charge is 0.260 e. The molecular weight excluding hydrogens is 316 g/mol. The Morgan fingerprint density at radius 1 is 0.960 bits per heavy atom. The summed E-state index contributed by atoms with van der Waals surface area (Å²) in [5.74, 6) is -0.949. The van der Waals surface area contributed by atoms with Gasteiger partial charge in [-0.05, 0) is 37.6 Å². The van der Waals surface area contributed by atoms with Crippen molar-refractivity contribution in [3.63, 3.8) is 0 Å². The molecule has 0 aliphatic heterocycles. The first-order valence-electron chi connectivity index (χ1n) is 8.52. The molecule has 2 rings (SSSR count). The first kappa shape index (κ1) is 19.2. The maximum Gasteiger partial charge on any atom is 0.260 e. The fourth-order valence-corrected chi connectivity index (χ4v) is 2.64. The highest BCUT2D eigenvalue weighted by molar-refractivity contribution is 6.02. The number of hydrogen-bond donors (Lipinski definition) is 0. The van der Waals surface area contributed by atoms with Crippen LogP contribution in [0.3, 0.4) is 0 Å². The molecule has 0 saturated heterocycles. The Bertz CT molecular complexity index is 670. The number of ether oxygens (including phenoxy) is 3. The van der Waals surface area contributed by atoms with E-state index in [1.807, 2.05) is 31.2 Å². The highest BCUT2D eigenvalue weighted by atomic mass is 16.7. The van der Waals surface area contributed by atoms with Gasteiger partial charge in [-0.25, -0.2) is 0 Å². The Balaban J connectivity index is 2.29. The molecule has 0 bridgehead atoms. The number of unbranched alkanes of at least 4 members (excludes halogenated alkanes) is 1. The van der Waals surface area contributed by atoms with Gasteiger partial charge in [-0.3, -0.25) is 4.79 Å². The van der Waals surface area contributed by atoms with Crippen LogP contribution in [0.1, 0.15) is 41.3 Å². The summed E-state index contributed by atoms with van der Waals surface area (Å²) in [5.41, 5.74) is 2.26. The van der Waals surface area contributed by atoms with E-state index in [0.717, 1.165) is 24.2 Å². The predicted octanol–water partition coefficient (Wildman–Crippen LogP) is 4.50. The highest BCUT2D eigenvalue weighted by Crippen LogP contribution is 2.31. The molecule has 0 radical (unpaired) electrons. The number of benzene rings is 2. The molecule has 0 amide bonds. The van der Waals surface area contributed by atoms with Crippen LogP contribution in [0.2, 0.25) is 0 Å². The normalized spacial score (nSPS) is 11.4. The number of ketones is 1. The molecule has 0 aromatic heterocycles. The lowest BCUT2D eigenvalue weighted by Gasteiger charge is -2.30. The summed E-state index contributed by atoms with van der Waals surface area (Å²) < 4.78 is 16.8. The van der Waals surface area contributed by atoms with Crippen LogP contribution in [-0.2, 0) is 15.3 Å². The third-order valence-electron chi connectivity index (χ3n) is 4.19. The molecule has 0 spiro atoms. The van der Waals surface area contributed by atoms with Gasteiger partial charge < -0.3 is 14.2 Å². The summed E-state index contributed by atoms with van der Waals surface area (Å²) in [4.78, 5) is 13.1. The number of aryl methyl sites for hydroxylation is 1. The first-order chi connectivity index (χ1) is 12.1. The Kier molecular flexibility index (Phi) is 6.73. The molecule has 2 aromatic rings. The van der Waals surface area contributed by atoms with E-state index in [1.165, 1.54) is 14.2 Å². The molecule has 0 heterocycles. The van der Waals surface area contributed by atoms with Crippen LogP contribution in [-0.4, -0.2) is 26.6 Å². The minimum atomic E-state index is -1.47. The fraction of sp³-hybridized carbons (Fsp3) is 0.381. The molecule has 0 atom stereocenters. The predicted molar refractivity (Wildman–Crippen MR) is 98.1 cm³/mol. The molecule has 25 heavy (non-hydrogen) atoms. The molecule has 2 aromatic carbocycles. The number of Topliss-reactive ketones (excluding diaryl/α,β-unsaturated/α-hetero) is 1. The minimum Gasteiger partial charge on any atom is -0.494 e. The van der Waals surface area contributed by atoms with Gasteiger partial charge in [-0.15, -0.1) is 0 Å². The van der Waals surface area contributed by atoms with E-state index in [-0.39, 0.29) is 5.78 Å². The average Bonchev–Trinajstić information content (AvgIpc) is 2.65. The van der Waals surface area contributed by atoms with Crippen molar-refractivity contribution in [1.29, 1.82) is 0 Å². The van der Waals surface area contributed by atoms with Gasteiger partial charge in [0.2, 0.25) is 5.78 Å². The van der Waals surface area contributed by atoms with E-state index in [1.54, 1.807) is 24.3 Å². The second kappa shape index (κ2) is 8.79. The van der Waals surface area contributed by atoms with Crippen LogP contribution in [0.5, 0.6) is 5.75 Å². The third-order valence-corrected chi connectivity index (χ3v) is 4.19. The minimum absolute atomic E-state index is 0.239. The first-order valence-corrected chi connectivity index (χ1v) is 8.52. The molecule has 0 fully saturated rings. The number of carbonyl (C=O) groups excluding carboxylic acids is 1. The SMILES string of the molecule is CCCCOc1ccc(C(OC)(OC)C(=O)c2ccc(C)cc2)cc1. The van der Waals surface area contributed by atoms with Crippen LogP contribution in [0.4, 0.5) is 0 Å². The van der Waals surface area contributed by atoms with Crippen LogP contribution in [0.25, 0.3) is 0 Å². The number of carbonyl (C=O) groups is 1. The van der Waals surface area contributed by atoms with Crippen LogP contribution in [0.15, 0.2) is 48.5 Å². The lowest BCUT2D eigenvalue weighted by atomic mass is 9.95. The van der Waals surface area contributed by atoms with Crippen molar-refractivity contribution >= 4 is 5.78 Å². The average molecular weight is 342 g/mol. The summed E-state index contributed by atoms with van der Waals surface area (Å²) in [7, 11) is 2.95. The zero-order chi connectivity index (χ0) is 18.3. The Morgan fingerprint density at radius 2 is 1.56 bits per heavy atom. The Labute approximate surface area is 149 Å². The van der Waals surface area contributed by atoms with Crippen molar-refractivity contribution in [2.45, 2.75) is 32.5 Å². The molecule has 4 heteroatoms. The molecule has 0 N–H and O–H groups in total. The fourth-order valence-electron chi connectivity index (χ4n) is 2.64. The number of hydrogen-bond acceptors (Lipinski definition) is 4. The van der Waals surface area contributed by atoms with E-state index in [4.69, 9.17) is 14.2 Å². The van der Waals surface area contributed by atoms with Crippen LogP contribution in [0, 0.1) is 6.92 Å². The van der Waals surface area contributed by atoms with Crippen molar-refractivity contribution in [1.82, 2.24) is 0 Å². The summed E-state index contributed by atoms with van der Waals surface area (Å²) in [6, 6.07) is 14.6. The lowest BCUT2D eigenvalue weighted by Crippen LogP contribution is -2.40. The van der Waals surface area contributed by atoms with E-state index in [0.29, 0.717) is 17.7 Å². The summed E-state index contributed by atoms with van der Waals surface area (Å²) >= 11 is 0. The van der Waals surface area contributed by atoms with Crippen molar-refractivity contribution in [2.75, 3.05) is 20.8 Å². The number of rotatable bonds is 9. The van der Waals surface area contributed by atoms with Gasteiger partial charge in [0.05, 0.1) is 6.61 Å². The quantitative estimate of drug-likeness (QED) is 0.382. The maximum atomic E-state index is 13.1. The van der Waals surface area contributed by atoms with E-state index in [2.05, 4.69) is 6.92 Å². The monoisotopic (exact) mass is 342 g/mol. The molecule has 134 valence electrons. The van der Waals surface area contributed by atoms with E-state index >= 15 is 0 Å². The van der Waals surface area contributed by atoms with Gasteiger partial charge in [0.25, 0.3) is 5.79 Å². The second-order valence-electron chi connectivity index (χ2n) is 5.95. The zero-order valence-electron chi connectivity index (χ0n) is 15.4. The van der Waals surface area contributed by atoms with Crippen molar-refractivity contribution < 1.29 is 19.0 Å². The van der Waals surface area contributed by atoms with Crippen LogP contribution >= 0.6 is 0 Å². The molecular formula is C21H26O4. The topological polar surface area (TPSA) is 44.8 Å².